The van der Waals surface area contributed by atoms with Crippen molar-refractivity contribution in [1.82, 2.24) is 5.32 Å². The van der Waals surface area contributed by atoms with E-state index < -0.39 is 23.6 Å². The Morgan fingerprint density at radius 3 is 2.43 bits per heavy atom. The highest BCUT2D eigenvalue weighted by Gasteiger charge is 2.39. The summed E-state index contributed by atoms with van der Waals surface area (Å²) in [6, 6.07) is -1.09. The van der Waals surface area contributed by atoms with Gasteiger partial charge in [-0.25, -0.2) is 4.79 Å². The van der Waals surface area contributed by atoms with Crippen molar-refractivity contribution in [3.8, 4) is 0 Å². The van der Waals surface area contributed by atoms with Gasteiger partial charge in [0.2, 0.25) is 5.91 Å². The van der Waals surface area contributed by atoms with E-state index in [1.807, 2.05) is 0 Å². The lowest BCUT2D eigenvalue weighted by atomic mass is 9.77. The number of carboxylic acid groups (broad SMARTS) is 1. The molecule has 0 aromatic rings. The second-order valence-corrected chi connectivity index (χ2v) is 5.22. The van der Waals surface area contributed by atoms with E-state index in [1.165, 1.54) is 0 Å². The molecule has 0 radical (unpaired) electrons. The van der Waals surface area contributed by atoms with Gasteiger partial charge in [-0.3, -0.25) is 9.59 Å². The van der Waals surface area contributed by atoms with Crippen LogP contribution in [-0.2, 0) is 23.9 Å². The molecule has 7 nitrogen and oxygen atoms in total. The molecule has 0 heterocycles. The molecule has 0 aliphatic heterocycles. The van der Waals surface area contributed by atoms with Crippen molar-refractivity contribution in [2.75, 3.05) is 13.7 Å². The number of amides is 1. The number of esters is 1. The molecule has 1 saturated carbocycles. The second kappa shape index (κ2) is 7.97. The summed E-state index contributed by atoms with van der Waals surface area (Å²) in [4.78, 5) is 34.3. The van der Waals surface area contributed by atoms with Crippen molar-refractivity contribution >= 4 is 17.8 Å². The molecule has 0 aromatic heterocycles. The number of ether oxygens (including phenoxy) is 2. The summed E-state index contributed by atoms with van der Waals surface area (Å²) in [5.41, 5.74) is -0.450. The van der Waals surface area contributed by atoms with Crippen molar-refractivity contribution < 1.29 is 29.0 Å². The van der Waals surface area contributed by atoms with E-state index >= 15 is 0 Å². The van der Waals surface area contributed by atoms with Gasteiger partial charge in [-0.2, -0.15) is 0 Å². The third-order valence-electron chi connectivity index (χ3n) is 3.76. The molecule has 1 aliphatic carbocycles. The summed E-state index contributed by atoms with van der Waals surface area (Å²) in [5.74, 6) is -1.99. The summed E-state index contributed by atoms with van der Waals surface area (Å²) in [7, 11) is 1.56. The van der Waals surface area contributed by atoms with Gasteiger partial charge in [0, 0.05) is 13.5 Å². The van der Waals surface area contributed by atoms with Crippen LogP contribution in [0, 0.1) is 0 Å². The highest BCUT2D eigenvalue weighted by molar-refractivity contribution is 5.84. The van der Waals surface area contributed by atoms with Crippen LogP contribution in [0.4, 0.5) is 0 Å². The van der Waals surface area contributed by atoms with Gasteiger partial charge in [0.05, 0.1) is 18.6 Å². The Hall–Kier alpha value is -1.63. The molecule has 0 spiro atoms. The van der Waals surface area contributed by atoms with E-state index in [2.05, 4.69) is 5.32 Å². The fraction of sp³-hybridized carbons (Fsp3) is 0.786. The highest BCUT2D eigenvalue weighted by atomic mass is 16.5. The first-order valence-electron chi connectivity index (χ1n) is 7.15. The van der Waals surface area contributed by atoms with Gasteiger partial charge in [-0.15, -0.1) is 0 Å². The maximum atomic E-state index is 11.9. The van der Waals surface area contributed by atoms with Gasteiger partial charge in [0.25, 0.3) is 0 Å². The summed E-state index contributed by atoms with van der Waals surface area (Å²) >= 11 is 0. The maximum absolute atomic E-state index is 11.9. The monoisotopic (exact) mass is 301 g/mol. The first-order valence-corrected chi connectivity index (χ1v) is 7.15. The highest BCUT2D eigenvalue weighted by Crippen LogP contribution is 2.37. The van der Waals surface area contributed by atoms with Gasteiger partial charge in [0.1, 0.15) is 6.04 Å². The molecule has 120 valence electrons. The zero-order valence-electron chi connectivity index (χ0n) is 12.5. The quantitative estimate of drug-likeness (QED) is 0.612. The number of rotatable bonds is 9. The molecule has 0 bridgehead atoms. The molecular formula is C14H23NO6. The minimum absolute atomic E-state index is 0.0138. The molecule has 1 atom stereocenters. The molecule has 1 aliphatic rings. The first kappa shape index (κ1) is 17.4. The molecular weight excluding hydrogens is 278 g/mol. The fourth-order valence-electron chi connectivity index (χ4n) is 2.31. The van der Waals surface area contributed by atoms with E-state index in [-0.39, 0.29) is 31.8 Å². The summed E-state index contributed by atoms with van der Waals surface area (Å²) in [6.07, 6.45) is 2.73. The van der Waals surface area contributed by atoms with E-state index in [0.717, 1.165) is 19.3 Å². The van der Waals surface area contributed by atoms with Gasteiger partial charge >= 0.3 is 11.9 Å². The summed E-state index contributed by atoms with van der Waals surface area (Å²) < 4.78 is 10.1. The van der Waals surface area contributed by atoms with Crippen LogP contribution in [0.25, 0.3) is 0 Å². The molecule has 0 unspecified atom stereocenters. The summed E-state index contributed by atoms with van der Waals surface area (Å²) in [6.45, 7) is 1.93. The number of carboxylic acids is 1. The zero-order chi connectivity index (χ0) is 15.9. The lowest BCUT2D eigenvalue weighted by molar-refractivity contribution is -0.147. The number of aliphatic carboxylic acids is 1. The number of methoxy groups -OCH3 is 1. The summed E-state index contributed by atoms with van der Waals surface area (Å²) in [5, 5.41) is 11.5. The normalized spacial score (nSPS) is 17.4. The molecule has 7 heteroatoms. The van der Waals surface area contributed by atoms with E-state index in [4.69, 9.17) is 14.6 Å². The largest absolute Gasteiger partial charge is 0.480 e. The predicted molar refractivity (Wildman–Crippen MR) is 73.6 cm³/mol. The standard InChI is InChI=1S/C14H23NO6/c1-3-21-12(17)6-5-10(13(18)19)15-11(16)9-14(20-2)7-4-8-14/h10H,3-9H2,1-2H3,(H,15,16)(H,18,19)/t10-/m0/s1. The zero-order valence-corrected chi connectivity index (χ0v) is 12.5. The van der Waals surface area contributed by atoms with Gasteiger partial charge in [0.15, 0.2) is 0 Å². The van der Waals surface area contributed by atoms with Crippen LogP contribution in [0.15, 0.2) is 0 Å². The average Bonchev–Trinajstić information content (AvgIpc) is 2.38. The third-order valence-corrected chi connectivity index (χ3v) is 3.76. The minimum atomic E-state index is -1.16. The molecule has 1 fully saturated rings. The van der Waals surface area contributed by atoms with Crippen molar-refractivity contribution in [3.63, 3.8) is 0 Å². The van der Waals surface area contributed by atoms with Crippen LogP contribution >= 0.6 is 0 Å². The van der Waals surface area contributed by atoms with E-state index in [9.17, 15) is 14.4 Å². The Labute approximate surface area is 124 Å². The van der Waals surface area contributed by atoms with E-state index in [1.54, 1.807) is 14.0 Å². The van der Waals surface area contributed by atoms with Gasteiger partial charge < -0.3 is 19.9 Å². The maximum Gasteiger partial charge on any atom is 0.326 e. The van der Waals surface area contributed by atoms with Crippen LogP contribution in [0.3, 0.4) is 0 Å². The van der Waals surface area contributed by atoms with E-state index in [0.29, 0.717) is 0 Å². The number of carbonyl (C=O) groups is 3. The van der Waals surface area contributed by atoms with Crippen molar-refractivity contribution in [2.24, 2.45) is 0 Å². The van der Waals surface area contributed by atoms with Gasteiger partial charge in [-0.05, 0) is 32.6 Å². The van der Waals surface area contributed by atoms with Gasteiger partial charge in [-0.1, -0.05) is 0 Å². The Kier molecular flexibility index (Phi) is 6.61. The Balaban J connectivity index is 2.44. The van der Waals surface area contributed by atoms with Crippen molar-refractivity contribution in [3.05, 3.63) is 0 Å². The predicted octanol–water partition coefficient (Wildman–Crippen LogP) is 0.858. The number of carbonyl (C=O) groups excluding carboxylic acids is 2. The SMILES string of the molecule is CCOC(=O)CC[C@H](NC(=O)CC1(OC)CCC1)C(=O)O. The third kappa shape index (κ3) is 5.34. The first-order chi connectivity index (χ1) is 9.92. The molecule has 21 heavy (non-hydrogen) atoms. The minimum Gasteiger partial charge on any atom is -0.480 e. The molecule has 1 amide bonds. The number of hydrogen-bond donors (Lipinski definition) is 2. The Morgan fingerprint density at radius 1 is 1.33 bits per heavy atom. The lowest BCUT2D eigenvalue weighted by Crippen LogP contribution is -2.48. The van der Waals surface area contributed by atoms with Crippen LogP contribution in [0.5, 0.6) is 0 Å². The number of hydrogen-bond acceptors (Lipinski definition) is 5. The molecule has 0 saturated heterocycles. The smallest absolute Gasteiger partial charge is 0.326 e. The van der Waals surface area contributed by atoms with Crippen molar-refractivity contribution in [1.29, 1.82) is 0 Å². The van der Waals surface area contributed by atoms with Crippen LogP contribution in [-0.4, -0.2) is 48.3 Å². The van der Waals surface area contributed by atoms with Crippen LogP contribution < -0.4 is 5.32 Å². The molecule has 1 rings (SSSR count). The number of nitrogens with one attached hydrogen (secondary N) is 1. The topological polar surface area (TPSA) is 102 Å². The Bertz CT molecular complexity index is 385. The fourth-order valence-corrected chi connectivity index (χ4v) is 2.31. The second-order valence-electron chi connectivity index (χ2n) is 5.22. The van der Waals surface area contributed by atoms with Crippen LogP contribution in [0.2, 0.25) is 0 Å². The lowest BCUT2D eigenvalue weighted by Gasteiger charge is -2.40. The average molecular weight is 301 g/mol. The molecule has 2 N–H and O–H groups in total. The van der Waals surface area contributed by atoms with Crippen LogP contribution in [0.1, 0.15) is 45.4 Å². The van der Waals surface area contributed by atoms with Crippen molar-refractivity contribution in [2.45, 2.75) is 57.1 Å². The Morgan fingerprint density at radius 2 is 2.00 bits per heavy atom. The molecule has 0 aromatic carbocycles.